The first-order valence-corrected chi connectivity index (χ1v) is 9.97. The van der Waals surface area contributed by atoms with Gasteiger partial charge in [-0.05, 0) is 25.0 Å². The van der Waals surface area contributed by atoms with Crippen molar-refractivity contribution in [2.75, 3.05) is 7.05 Å². The highest BCUT2D eigenvalue weighted by Crippen LogP contribution is 2.33. The summed E-state index contributed by atoms with van der Waals surface area (Å²) in [5.41, 5.74) is 1.13. The number of hydrogen-bond acceptors (Lipinski definition) is 5. The Morgan fingerprint density at radius 1 is 1.28 bits per heavy atom. The molecule has 0 radical (unpaired) electrons. The number of benzene rings is 1. The van der Waals surface area contributed by atoms with Crippen LogP contribution in [-0.2, 0) is 17.8 Å². The van der Waals surface area contributed by atoms with Crippen molar-refractivity contribution in [3.63, 3.8) is 0 Å². The van der Waals surface area contributed by atoms with E-state index >= 15 is 0 Å². The second kappa shape index (κ2) is 7.97. The Labute approximate surface area is 156 Å². The zero-order valence-corrected chi connectivity index (χ0v) is 16.2. The van der Waals surface area contributed by atoms with Crippen LogP contribution in [0.3, 0.4) is 0 Å². The van der Waals surface area contributed by atoms with Crippen molar-refractivity contribution in [1.82, 2.24) is 14.9 Å². The number of thioether (sulfide) groups is 1. The van der Waals surface area contributed by atoms with Crippen molar-refractivity contribution >= 4 is 39.2 Å². The lowest BCUT2D eigenvalue weighted by Crippen LogP contribution is -2.32. The van der Waals surface area contributed by atoms with E-state index < -0.39 is 0 Å². The third kappa shape index (κ3) is 4.19. The molecule has 1 unspecified atom stereocenters. The van der Waals surface area contributed by atoms with Crippen molar-refractivity contribution < 1.29 is 4.79 Å². The number of rotatable bonds is 6. The number of aromatic nitrogens is 2. The topological polar surface area (TPSA) is 46.1 Å². The van der Waals surface area contributed by atoms with Gasteiger partial charge in [0.15, 0.2) is 0 Å². The van der Waals surface area contributed by atoms with Gasteiger partial charge in [-0.15, -0.1) is 11.3 Å². The fraction of sp³-hybridized carbons (Fsp3) is 0.316. The smallest absolute Gasteiger partial charge is 0.235 e. The molecule has 0 bridgehead atoms. The van der Waals surface area contributed by atoms with Crippen LogP contribution in [0.2, 0.25) is 0 Å². The van der Waals surface area contributed by atoms with Crippen LogP contribution in [0.25, 0.3) is 10.2 Å². The number of fused-ring (bicyclic) bond motifs is 1. The number of carbonyl (C=O) groups is 1. The third-order valence-electron chi connectivity index (χ3n) is 3.97. The molecule has 0 spiro atoms. The van der Waals surface area contributed by atoms with Gasteiger partial charge in [0.05, 0.1) is 5.25 Å². The van der Waals surface area contributed by atoms with Gasteiger partial charge in [-0.2, -0.15) is 0 Å². The maximum Gasteiger partial charge on any atom is 0.235 e. The molecule has 1 amide bonds. The third-order valence-corrected chi connectivity index (χ3v) is 6.26. The van der Waals surface area contributed by atoms with Gasteiger partial charge in [0.1, 0.15) is 16.2 Å². The quantitative estimate of drug-likeness (QED) is 0.476. The highest BCUT2D eigenvalue weighted by Gasteiger charge is 2.21. The standard InChI is InChI=1S/C19H21N3OS2/c1-4-15-10-16-17(20-12-21-18(16)25-15)24-13(2)19(23)22(3)11-14-8-6-5-7-9-14/h5-10,12-13H,4,11H2,1-3H3. The Bertz CT molecular complexity index is 863. The predicted molar refractivity (Wildman–Crippen MR) is 105 cm³/mol. The van der Waals surface area contributed by atoms with E-state index in [1.54, 1.807) is 22.6 Å². The maximum atomic E-state index is 12.7. The number of aryl methyl sites for hydroxylation is 1. The lowest BCUT2D eigenvalue weighted by Gasteiger charge is -2.21. The molecule has 130 valence electrons. The van der Waals surface area contributed by atoms with E-state index in [1.165, 1.54) is 16.6 Å². The second-order valence-corrected chi connectivity index (χ2v) is 8.35. The minimum absolute atomic E-state index is 0.103. The molecule has 4 nitrogen and oxygen atoms in total. The van der Waals surface area contributed by atoms with Gasteiger partial charge < -0.3 is 4.90 Å². The van der Waals surface area contributed by atoms with Crippen molar-refractivity contribution in [1.29, 1.82) is 0 Å². The van der Waals surface area contributed by atoms with Crippen LogP contribution < -0.4 is 0 Å². The normalized spacial score (nSPS) is 12.3. The van der Waals surface area contributed by atoms with Crippen LogP contribution in [0.4, 0.5) is 0 Å². The minimum Gasteiger partial charge on any atom is -0.340 e. The summed E-state index contributed by atoms with van der Waals surface area (Å²) in [6.07, 6.45) is 2.57. The summed E-state index contributed by atoms with van der Waals surface area (Å²) >= 11 is 3.20. The Balaban J connectivity index is 1.72. The number of nitrogens with zero attached hydrogens (tertiary/aromatic N) is 3. The molecule has 3 aromatic rings. The van der Waals surface area contributed by atoms with Crippen molar-refractivity contribution in [3.05, 3.63) is 53.2 Å². The zero-order chi connectivity index (χ0) is 17.8. The summed E-state index contributed by atoms with van der Waals surface area (Å²) in [6, 6.07) is 12.2. The van der Waals surface area contributed by atoms with Gasteiger partial charge in [0, 0.05) is 23.9 Å². The molecule has 2 heterocycles. The molecule has 0 N–H and O–H groups in total. The molecule has 2 aromatic heterocycles. The molecular formula is C19H21N3OS2. The molecule has 0 aliphatic heterocycles. The first-order chi connectivity index (χ1) is 12.1. The van der Waals surface area contributed by atoms with Gasteiger partial charge >= 0.3 is 0 Å². The van der Waals surface area contributed by atoms with Gasteiger partial charge in [0.2, 0.25) is 5.91 Å². The van der Waals surface area contributed by atoms with Crippen LogP contribution in [0.5, 0.6) is 0 Å². The van der Waals surface area contributed by atoms with E-state index in [4.69, 9.17) is 0 Å². The number of amides is 1. The SMILES string of the molecule is CCc1cc2c(SC(C)C(=O)N(C)Cc3ccccc3)ncnc2s1. The average molecular weight is 372 g/mol. The maximum absolute atomic E-state index is 12.7. The fourth-order valence-electron chi connectivity index (χ4n) is 2.62. The summed E-state index contributed by atoms with van der Waals surface area (Å²) in [5.74, 6) is 0.103. The van der Waals surface area contributed by atoms with Gasteiger partial charge in [-0.25, -0.2) is 9.97 Å². The molecule has 3 rings (SSSR count). The summed E-state index contributed by atoms with van der Waals surface area (Å²) in [7, 11) is 1.85. The fourth-order valence-corrected chi connectivity index (χ4v) is 4.62. The molecule has 25 heavy (non-hydrogen) atoms. The summed E-state index contributed by atoms with van der Waals surface area (Å²) in [4.78, 5) is 25.5. The monoisotopic (exact) mass is 371 g/mol. The van der Waals surface area contributed by atoms with Crippen molar-refractivity contribution in [2.45, 2.75) is 37.1 Å². The number of thiophene rings is 1. The van der Waals surface area contributed by atoms with Gasteiger partial charge in [-0.1, -0.05) is 49.0 Å². The Morgan fingerprint density at radius 2 is 2.04 bits per heavy atom. The van der Waals surface area contributed by atoms with Crippen LogP contribution in [0.1, 0.15) is 24.3 Å². The Hall–Kier alpha value is -1.92. The van der Waals surface area contributed by atoms with Gasteiger partial charge in [0.25, 0.3) is 0 Å². The highest BCUT2D eigenvalue weighted by molar-refractivity contribution is 8.00. The lowest BCUT2D eigenvalue weighted by atomic mass is 10.2. The van der Waals surface area contributed by atoms with Crippen LogP contribution >= 0.6 is 23.1 Å². The van der Waals surface area contributed by atoms with E-state index in [0.717, 1.165) is 27.2 Å². The minimum atomic E-state index is -0.197. The molecule has 1 atom stereocenters. The number of carbonyl (C=O) groups excluding carboxylic acids is 1. The van der Waals surface area contributed by atoms with E-state index in [1.807, 2.05) is 44.3 Å². The van der Waals surface area contributed by atoms with Gasteiger partial charge in [-0.3, -0.25) is 4.79 Å². The Morgan fingerprint density at radius 3 is 2.76 bits per heavy atom. The van der Waals surface area contributed by atoms with E-state index in [0.29, 0.717) is 6.54 Å². The van der Waals surface area contributed by atoms with E-state index in [9.17, 15) is 4.79 Å². The predicted octanol–water partition coefficient (Wildman–Crippen LogP) is 4.39. The van der Waals surface area contributed by atoms with Crippen LogP contribution in [-0.4, -0.2) is 33.1 Å². The zero-order valence-electron chi connectivity index (χ0n) is 14.6. The molecule has 0 aliphatic carbocycles. The first kappa shape index (κ1) is 17.9. The molecule has 0 saturated carbocycles. The summed E-state index contributed by atoms with van der Waals surface area (Å²) < 4.78 is 0. The second-order valence-electron chi connectivity index (χ2n) is 5.90. The molecular weight excluding hydrogens is 350 g/mol. The average Bonchev–Trinajstić information content (AvgIpc) is 3.06. The highest BCUT2D eigenvalue weighted by atomic mass is 32.2. The first-order valence-electron chi connectivity index (χ1n) is 8.27. The lowest BCUT2D eigenvalue weighted by molar-refractivity contribution is -0.129. The Kier molecular flexibility index (Phi) is 5.71. The molecule has 1 aromatic carbocycles. The van der Waals surface area contributed by atoms with E-state index in [-0.39, 0.29) is 11.2 Å². The largest absolute Gasteiger partial charge is 0.340 e. The number of hydrogen-bond donors (Lipinski definition) is 0. The van der Waals surface area contributed by atoms with Crippen LogP contribution in [0, 0.1) is 0 Å². The van der Waals surface area contributed by atoms with Crippen molar-refractivity contribution in [3.8, 4) is 0 Å². The molecule has 0 fully saturated rings. The van der Waals surface area contributed by atoms with Crippen LogP contribution in [0.15, 0.2) is 47.8 Å². The van der Waals surface area contributed by atoms with Crippen molar-refractivity contribution in [2.24, 2.45) is 0 Å². The molecule has 6 heteroatoms. The summed E-state index contributed by atoms with van der Waals surface area (Å²) in [5, 5.41) is 1.74. The molecule has 0 aliphatic rings. The molecule has 0 saturated heterocycles. The van der Waals surface area contributed by atoms with E-state index in [2.05, 4.69) is 23.0 Å². The summed E-state index contributed by atoms with van der Waals surface area (Å²) in [6.45, 7) is 4.69.